The minimum atomic E-state index is -0.898. The Morgan fingerprint density at radius 2 is 1.81 bits per heavy atom. The van der Waals surface area contributed by atoms with Crippen LogP contribution in [0.1, 0.15) is 22.6 Å². The number of carbonyl (C=O) groups is 1. The lowest BCUT2D eigenvalue weighted by molar-refractivity contribution is -0.133. The second-order valence-corrected chi connectivity index (χ2v) is 7.73. The number of carbonyl (C=O) groups excluding carboxylic acids is 1. The van der Waals surface area contributed by atoms with Gasteiger partial charge in [-0.25, -0.2) is 8.78 Å². The van der Waals surface area contributed by atoms with Crippen LogP contribution in [0.15, 0.2) is 77.7 Å². The molecular weight excluding hydrogens is 410 g/mol. The van der Waals surface area contributed by atoms with Gasteiger partial charge >= 0.3 is 0 Å². The number of aryl methyl sites for hydroxylation is 1. The number of furan rings is 1. The lowest BCUT2D eigenvalue weighted by Gasteiger charge is -2.27. The van der Waals surface area contributed by atoms with Crippen LogP contribution in [-0.4, -0.2) is 35.3 Å². The van der Waals surface area contributed by atoms with E-state index in [1.165, 1.54) is 12.1 Å². The van der Waals surface area contributed by atoms with Gasteiger partial charge in [-0.1, -0.05) is 48.5 Å². The van der Waals surface area contributed by atoms with Gasteiger partial charge in [0.2, 0.25) is 5.91 Å². The first-order valence-electron chi connectivity index (χ1n) is 10.6. The number of nitrogens with zero attached hydrogens (tertiary/aromatic N) is 2. The highest BCUT2D eigenvalue weighted by atomic mass is 19.2. The van der Waals surface area contributed by atoms with E-state index in [-0.39, 0.29) is 24.6 Å². The van der Waals surface area contributed by atoms with Crippen molar-refractivity contribution in [3.63, 3.8) is 0 Å². The van der Waals surface area contributed by atoms with Crippen molar-refractivity contribution in [2.45, 2.75) is 26.4 Å². The smallest absolute Gasteiger partial charge is 0.237 e. The first-order valence-corrected chi connectivity index (χ1v) is 10.6. The van der Waals surface area contributed by atoms with Crippen LogP contribution in [0.3, 0.4) is 0 Å². The molecule has 6 heteroatoms. The van der Waals surface area contributed by atoms with E-state index >= 15 is 0 Å². The summed E-state index contributed by atoms with van der Waals surface area (Å²) in [5, 5.41) is 0. The van der Waals surface area contributed by atoms with Gasteiger partial charge in [-0.2, -0.15) is 0 Å². The number of hydrogen-bond acceptors (Lipinski definition) is 3. The van der Waals surface area contributed by atoms with Gasteiger partial charge in [-0.15, -0.1) is 6.58 Å². The third-order valence-corrected chi connectivity index (χ3v) is 5.18. The Morgan fingerprint density at radius 1 is 1.03 bits per heavy atom. The number of rotatable bonds is 11. The zero-order valence-electron chi connectivity index (χ0n) is 18.3. The third kappa shape index (κ3) is 6.62. The fraction of sp³-hybridized carbons (Fsp3) is 0.269. The molecule has 1 amide bonds. The van der Waals surface area contributed by atoms with Gasteiger partial charge in [0.25, 0.3) is 0 Å². The van der Waals surface area contributed by atoms with Crippen molar-refractivity contribution in [2.75, 3.05) is 19.6 Å². The number of benzene rings is 2. The average molecular weight is 439 g/mol. The summed E-state index contributed by atoms with van der Waals surface area (Å²) in [6, 6.07) is 17.7. The number of hydrogen-bond donors (Lipinski definition) is 0. The van der Waals surface area contributed by atoms with E-state index in [9.17, 15) is 13.6 Å². The first-order chi connectivity index (χ1) is 15.5. The summed E-state index contributed by atoms with van der Waals surface area (Å²) in [7, 11) is 0. The standard InChI is InChI=1S/C26H28F2N2O2/c1-3-15-29(17-22-10-7-11-24(27)26(22)28)19-25(31)30(18-23-13-12-20(2)32-23)16-14-21-8-5-4-6-9-21/h3-13H,1,14-19H2,2H3. The summed E-state index contributed by atoms with van der Waals surface area (Å²) in [5.41, 5.74) is 1.34. The van der Waals surface area contributed by atoms with Crippen LogP contribution in [-0.2, 0) is 24.3 Å². The largest absolute Gasteiger partial charge is 0.464 e. The Morgan fingerprint density at radius 3 is 2.50 bits per heavy atom. The first kappa shape index (κ1) is 23.4. The maximum atomic E-state index is 14.2. The van der Waals surface area contributed by atoms with Crippen molar-refractivity contribution >= 4 is 5.91 Å². The molecule has 0 radical (unpaired) electrons. The zero-order valence-corrected chi connectivity index (χ0v) is 18.3. The maximum absolute atomic E-state index is 14.2. The molecule has 3 aromatic rings. The predicted molar refractivity (Wildman–Crippen MR) is 121 cm³/mol. The van der Waals surface area contributed by atoms with Crippen molar-refractivity contribution in [1.82, 2.24) is 9.80 Å². The molecule has 168 valence electrons. The minimum Gasteiger partial charge on any atom is -0.464 e. The minimum absolute atomic E-state index is 0.0520. The van der Waals surface area contributed by atoms with Crippen molar-refractivity contribution in [3.8, 4) is 0 Å². The van der Waals surface area contributed by atoms with Gasteiger partial charge in [-0.05, 0) is 37.1 Å². The highest BCUT2D eigenvalue weighted by Crippen LogP contribution is 2.15. The van der Waals surface area contributed by atoms with Gasteiger partial charge in [0.05, 0.1) is 13.1 Å². The van der Waals surface area contributed by atoms with E-state index in [0.717, 1.165) is 17.4 Å². The SMILES string of the molecule is C=CCN(CC(=O)N(CCc1ccccc1)Cc1ccc(C)o1)Cc1cccc(F)c1F. The molecule has 0 saturated carbocycles. The lowest BCUT2D eigenvalue weighted by atomic mass is 10.1. The predicted octanol–water partition coefficient (Wildman–Crippen LogP) is 5.13. The Hall–Kier alpha value is -3.25. The zero-order chi connectivity index (χ0) is 22.9. The molecule has 0 aliphatic heterocycles. The van der Waals surface area contributed by atoms with Gasteiger partial charge < -0.3 is 9.32 Å². The average Bonchev–Trinajstić information content (AvgIpc) is 3.19. The molecule has 0 aliphatic carbocycles. The Balaban J connectivity index is 1.72. The van der Waals surface area contributed by atoms with Gasteiger partial charge in [0.15, 0.2) is 11.6 Å². The highest BCUT2D eigenvalue weighted by Gasteiger charge is 2.20. The van der Waals surface area contributed by atoms with Crippen molar-refractivity contribution in [1.29, 1.82) is 0 Å². The van der Waals surface area contributed by atoms with Gasteiger partial charge in [0.1, 0.15) is 11.5 Å². The van der Waals surface area contributed by atoms with Gasteiger partial charge in [-0.3, -0.25) is 9.69 Å². The van der Waals surface area contributed by atoms with Gasteiger partial charge in [0, 0.05) is 25.2 Å². The molecule has 1 heterocycles. The Labute approximate surface area is 187 Å². The monoisotopic (exact) mass is 438 g/mol. The molecule has 0 bridgehead atoms. The molecule has 4 nitrogen and oxygen atoms in total. The quantitative estimate of drug-likeness (QED) is 0.390. The van der Waals surface area contributed by atoms with Crippen LogP contribution < -0.4 is 0 Å². The summed E-state index contributed by atoms with van der Waals surface area (Å²) < 4.78 is 33.5. The molecule has 1 aromatic heterocycles. The van der Waals surface area contributed by atoms with Crippen LogP contribution in [0.4, 0.5) is 8.78 Å². The molecule has 2 aromatic carbocycles. The molecule has 0 spiro atoms. The Kier molecular flexibility index (Phi) is 8.34. The fourth-order valence-corrected chi connectivity index (χ4v) is 3.53. The van der Waals surface area contributed by atoms with Crippen molar-refractivity contribution in [3.05, 3.63) is 108 Å². The Bertz CT molecular complexity index is 1030. The topological polar surface area (TPSA) is 36.7 Å². The number of halogens is 2. The van der Waals surface area contributed by atoms with Crippen LogP contribution in [0.5, 0.6) is 0 Å². The van der Waals surface area contributed by atoms with Crippen LogP contribution in [0, 0.1) is 18.6 Å². The second-order valence-electron chi connectivity index (χ2n) is 7.73. The van der Waals surface area contributed by atoms with E-state index in [4.69, 9.17) is 4.42 Å². The van der Waals surface area contributed by atoms with Crippen LogP contribution in [0.2, 0.25) is 0 Å². The molecule has 0 aliphatic rings. The molecule has 0 atom stereocenters. The molecule has 0 N–H and O–H groups in total. The number of amides is 1. The maximum Gasteiger partial charge on any atom is 0.237 e. The van der Waals surface area contributed by atoms with Crippen LogP contribution in [0.25, 0.3) is 0 Å². The lowest BCUT2D eigenvalue weighted by Crippen LogP contribution is -2.41. The highest BCUT2D eigenvalue weighted by molar-refractivity contribution is 5.78. The van der Waals surface area contributed by atoms with E-state index in [2.05, 4.69) is 6.58 Å². The molecule has 32 heavy (non-hydrogen) atoms. The summed E-state index contributed by atoms with van der Waals surface area (Å²) in [6.45, 7) is 6.97. The molecular formula is C26H28F2N2O2. The fourth-order valence-electron chi connectivity index (χ4n) is 3.53. The van der Waals surface area contributed by atoms with Crippen LogP contribution >= 0.6 is 0 Å². The summed E-state index contributed by atoms with van der Waals surface area (Å²) >= 11 is 0. The van der Waals surface area contributed by atoms with E-state index < -0.39 is 11.6 Å². The third-order valence-electron chi connectivity index (χ3n) is 5.18. The molecule has 0 unspecified atom stereocenters. The molecule has 0 saturated heterocycles. The van der Waals surface area contributed by atoms with E-state index in [1.54, 1.807) is 15.9 Å². The summed E-state index contributed by atoms with van der Waals surface area (Å²) in [5.74, 6) is -0.416. The molecule has 3 rings (SSSR count). The van der Waals surface area contributed by atoms with E-state index in [0.29, 0.717) is 31.8 Å². The molecule has 0 fully saturated rings. The van der Waals surface area contributed by atoms with Crippen molar-refractivity contribution < 1.29 is 18.0 Å². The summed E-state index contributed by atoms with van der Waals surface area (Å²) in [6.07, 6.45) is 2.35. The normalized spacial score (nSPS) is 11.0. The second kappa shape index (κ2) is 11.4. The van der Waals surface area contributed by atoms with Crippen molar-refractivity contribution in [2.24, 2.45) is 0 Å². The summed E-state index contributed by atoms with van der Waals surface area (Å²) in [4.78, 5) is 16.7. The van der Waals surface area contributed by atoms with E-state index in [1.807, 2.05) is 49.4 Å².